The molecule has 0 aliphatic rings. The number of nitro benzene ring substituents is 1. The molecular weight excluding hydrogens is 262 g/mol. The van der Waals surface area contributed by atoms with Crippen molar-refractivity contribution < 1.29 is 9.66 Å². The summed E-state index contributed by atoms with van der Waals surface area (Å²) in [5.74, 6) is 0.705. The van der Waals surface area contributed by atoms with Crippen LogP contribution in [-0.2, 0) is 0 Å². The molecule has 1 aromatic heterocycles. The van der Waals surface area contributed by atoms with Crippen LogP contribution in [0.1, 0.15) is 25.5 Å². The molecule has 0 aliphatic carbocycles. The quantitative estimate of drug-likeness (QED) is 0.675. The normalized spacial score (nSPS) is 10.8. The molecule has 2 N–H and O–H groups in total. The van der Waals surface area contributed by atoms with E-state index in [9.17, 15) is 10.1 Å². The zero-order valence-corrected chi connectivity index (χ0v) is 11.4. The van der Waals surface area contributed by atoms with Crippen LogP contribution >= 0.6 is 0 Å². The van der Waals surface area contributed by atoms with Crippen molar-refractivity contribution in [2.45, 2.75) is 19.8 Å². The topological polar surface area (TPSA) is 109 Å². The molecule has 0 saturated heterocycles. The Morgan fingerprint density at radius 3 is 2.70 bits per heavy atom. The molecule has 0 saturated carbocycles. The van der Waals surface area contributed by atoms with Crippen molar-refractivity contribution in [3.05, 3.63) is 34.0 Å². The van der Waals surface area contributed by atoms with Gasteiger partial charge in [-0.2, -0.15) is 0 Å². The first-order valence-electron chi connectivity index (χ1n) is 5.99. The van der Waals surface area contributed by atoms with Crippen molar-refractivity contribution in [3.63, 3.8) is 0 Å². The van der Waals surface area contributed by atoms with Crippen LogP contribution in [0.25, 0.3) is 5.69 Å². The molecule has 2 aromatic rings. The van der Waals surface area contributed by atoms with Gasteiger partial charge in [-0.1, -0.05) is 19.1 Å². The van der Waals surface area contributed by atoms with Gasteiger partial charge in [0.25, 0.3) is 5.69 Å². The van der Waals surface area contributed by atoms with Crippen LogP contribution in [0.15, 0.2) is 18.2 Å². The predicted molar refractivity (Wildman–Crippen MR) is 73.1 cm³/mol. The lowest BCUT2D eigenvalue weighted by molar-refractivity contribution is -0.384. The van der Waals surface area contributed by atoms with Crippen molar-refractivity contribution in [2.24, 2.45) is 0 Å². The summed E-state index contributed by atoms with van der Waals surface area (Å²) in [5.41, 5.74) is 6.60. The number of nitrogens with zero attached hydrogens (tertiary/aromatic N) is 4. The number of benzene rings is 1. The van der Waals surface area contributed by atoms with Crippen LogP contribution in [0.3, 0.4) is 0 Å². The van der Waals surface area contributed by atoms with Gasteiger partial charge in [0.15, 0.2) is 5.82 Å². The van der Waals surface area contributed by atoms with Gasteiger partial charge in [0, 0.05) is 0 Å². The van der Waals surface area contributed by atoms with Crippen LogP contribution in [0, 0.1) is 10.1 Å². The molecule has 0 aliphatic heterocycles. The molecular formula is C12H15N5O3. The number of anilines is 1. The molecule has 20 heavy (non-hydrogen) atoms. The molecule has 0 amide bonds. The van der Waals surface area contributed by atoms with Gasteiger partial charge in [-0.05, 0) is 18.1 Å². The lowest BCUT2D eigenvalue weighted by atomic mass is 10.1. The number of nitro groups is 1. The van der Waals surface area contributed by atoms with Crippen molar-refractivity contribution in [1.82, 2.24) is 15.0 Å². The van der Waals surface area contributed by atoms with Crippen LogP contribution in [-0.4, -0.2) is 27.0 Å². The van der Waals surface area contributed by atoms with Gasteiger partial charge >= 0.3 is 0 Å². The lowest BCUT2D eigenvalue weighted by Gasteiger charge is -2.10. The maximum Gasteiger partial charge on any atom is 0.298 e. The fourth-order valence-corrected chi connectivity index (χ4v) is 1.97. The van der Waals surface area contributed by atoms with Gasteiger partial charge < -0.3 is 10.5 Å². The van der Waals surface area contributed by atoms with E-state index in [1.807, 2.05) is 13.8 Å². The fraction of sp³-hybridized carbons (Fsp3) is 0.333. The summed E-state index contributed by atoms with van der Waals surface area (Å²) in [6, 6.07) is 4.54. The SMILES string of the molecule is COc1ccc(-n2nnc(N)c2C(C)C)c([N+](=O)[O-])c1. The van der Waals surface area contributed by atoms with E-state index in [0.29, 0.717) is 17.1 Å². The summed E-state index contributed by atoms with van der Waals surface area (Å²) >= 11 is 0. The van der Waals surface area contributed by atoms with Gasteiger partial charge in [-0.15, -0.1) is 5.10 Å². The van der Waals surface area contributed by atoms with Gasteiger partial charge in [0.1, 0.15) is 11.4 Å². The maximum atomic E-state index is 11.2. The summed E-state index contributed by atoms with van der Waals surface area (Å²) in [4.78, 5) is 10.7. The number of hydrogen-bond donors (Lipinski definition) is 1. The average molecular weight is 277 g/mol. The van der Waals surface area contributed by atoms with E-state index in [-0.39, 0.29) is 17.4 Å². The number of ether oxygens (including phenoxy) is 1. The summed E-state index contributed by atoms with van der Waals surface area (Å²) in [6.45, 7) is 3.84. The van der Waals surface area contributed by atoms with E-state index >= 15 is 0 Å². The number of aromatic nitrogens is 3. The zero-order valence-electron chi connectivity index (χ0n) is 11.4. The molecule has 1 aromatic carbocycles. The number of nitrogen functional groups attached to an aromatic ring is 1. The molecule has 8 nitrogen and oxygen atoms in total. The van der Waals surface area contributed by atoms with Gasteiger partial charge in [-0.25, -0.2) is 4.68 Å². The van der Waals surface area contributed by atoms with Crippen molar-refractivity contribution >= 4 is 11.5 Å². The van der Waals surface area contributed by atoms with Crippen LogP contribution in [0.2, 0.25) is 0 Å². The fourth-order valence-electron chi connectivity index (χ4n) is 1.97. The summed E-state index contributed by atoms with van der Waals surface area (Å²) < 4.78 is 6.40. The van der Waals surface area contributed by atoms with Crippen molar-refractivity contribution in [2.75, 3.05) is 12.8 Å². The van der Waals surface area contributed by atoms with Gasteiger partial charge in [-0.3, -0.25) is 10.1 Å². The highest BCUT2D eigenvalue weighted by Crippen LogP contribution is 2.31. The molecule has 0 atom stereocenters. The minimum absolute atomic E-state index is 0.0340. The highest BCUT2D eigenvalue weighted by molar-refractivity contribution is 5.57. The van der Waals surface area contributed by atoms with E-state index < -0.39 is 4.92 Å². The molecule has 2 rings (SSSR count). The Balaban J connectivity index is 2.67. The van der Waals surface area contributed by atoms with E-state index in [4.69, 9.17) is 10.5 Å². The van der Waals surface area contributed by atoms with Gasteiger partial charge in [0.05, 0.1) is 23.8 Å². The smallest absolute Gasteiger partial charge is 0.298 e. The third-order valence-electron chi connectivity index (χ3n) is 2.89. The van der Waals surface area contributed by atoms with E-state index in [2.05, 4.69) is 10.3 Å². The number of methoxy groups -OCH3 is 1. The largest absolute Gasteiger partial charge is 0.496 e. The first-order valence-corrected chi connectivity index (χ1v) is 5.99. The monoisotopic (exact) mass is 277 g/mol. The Bertz CT molecular complexity index is 651. The highest BCUT2D eigenvalue weighted by atomic mass is 16.6. The second-order valence-corrected chi connectivity index (χ2v) is 4.54. The molecule has 106 valence electrons. The lowest BCUT2D eigenvalue weighted by Crippen LogP contribution is -2.08. The second-order valence-electron chi connectivity index (χ2n) is 4.54. The highest BCUT2D eigenvalue weighted by Gasteiger charge is 2.23. The van der Waals surface area contributed by atoms with E-state index in [1.54, 1.807) is 12.1 Å². The predicted octanol–water partition coefficient (Wildman–Crippen LogP) is 1.89. The number of rotatable bonds is 4. The third kappa shape index (κ3) is 2.27. The maximum absolute atomic E-state index is 11.2. The van der Waals surface area contributed by atoms with Crippen LogP contribution in [0.4, 0.5) is 11.5 Å². The van der Waals surface area contributed by atoms with Crippen LogP contribution < -0.4 is 10.5 Å². The molecule has 1 heterocycles. The standard InChI is InChI=1S/C12H15N5O3/c1-7(2)11-12(13)14-15-16(11)9-5-4-8(20-3)6-10(9)17(18)19/h4-7H,13H2,1-3H3. The number of nitrogens with two attached hydrogens (primary N) is 1. The first kappa shape index (κ1) is 13.8. The molecule has 0 bridgehead atoms. The third-order valence-corrected chi connectivity index (χ3v) is 2.89. The minimum atomic E-state index is -0.486. The van der Waals surface area contributed by atoms with E-state index in [1.165, 1.54) is 17.9 Å². The molecule has 0 spiro atoms. The Morgan fingerprint density at radius 2 is 2.15 bits per heavy atom. The van der Waals surface area contributed by atoms with Crippen molar-refractivity contribution in [3.8, 4) is 11.4 Å². The Labute approximate surface area is 115 Å². The summed E-state index contributed by atoms with van der Waals surface area (Å²) in [6.07, 6.45) is 0. The Kier molecular flexibility index (Phi) is 3.55. The molecule has 0 fully saturated rings. The summed E-state index contributed by atoms with van der Waals surface area (Å²) in [7, 11) is 1.45. The Morgan fingerprint density at radius 1 is 1.45 bits per heavy atom. The van der Waals surface area contributed by atoms with Gasteiger partial charge in [0.2, 0.25) is 0 Å². The average Bonchev–Trinajstić information content (AvgIpc) is 2.79. The first-order chi connectivity index (χ1) is 9.45. The Hall–Kier alpha value is -2.64. The van der Waals surface area contributed by atoms with Crippen molar-refractivity contribution in [1.29, 1.82) is 0 Å². The zero-order chi connectivity index (χ0) is 14.9. The van der Waals surface area contributed by atoms with Crippen LogP contribution in [0.5, 0.6) is 5.75 Å². The second kappa shape index (κ2) is 5.16. The van der Waals surface area contributed by atoms with E-state index in [0.717, 1.165) is 0 Å². The molecule has 8 heteroatoms. The number of hydrogen-bond acceptors (Lipinski definition) is 6. The molecule has 0 radical (unpaired) electrons. The molecule has 0 unspecified atom stereocenters. The summed E-state index contributed by atoms with van der Waals surface area (Å²) in [5, 5.41) is 18.9. The minimum Gasteiger partial charge on any atom is -0.496 e.